The third kappa shape index (κ3) is 6.16. The highest BCUT2D eigenvalue weighted by atomic mass is 32.2. The van der Waals surface area contributed by atoms with Crippen LogP contribution in [0.3, 0.4) is 0 Å². The fraction of sp³-hybridized carbons (Fsp3) is 0.467. The first-order valence-corrected chi connectivity index (χ1v) is 7.93. The van der Waals surface area contributed by atoms with Crippen molar-refractivity contribution in [2.24, 2.45) is 5.92 Å². The number of hydrogen-bond donors (Lipinski definition) is 2. The third-order valence-corrected chi connectivity index (χ3v) is 4.21. The molecule has 6 heteroatoms. The number of hydrogen-bond acceptors (Lipinski definition) is 3. The lowest BCUT2D eigenvalue weighted by molar-refractivity contribution is -0.143. The molecule has 0 aliphatic heterocycles. The van der Waals surface area contributed by atoms with Crippen LogP contribution in [0, 0.1) is 11.7 Å². The lowest BCUT2D eigenvalue weighted by Gasteiger charge is -2.19. The van der Waals surface area contributed by atoms with Crippen LogP contribution in [-0.4, -0.2) is 28.8 Å². The van der Waals surface area contributed by atoms with Crippen LogP contribution in [0.25, 0.3) is 0 Å². The highest BCUT2D eigenvalue weighted by Crippen LogP contribution is 2.13. The van der Waals surface area contributed by atoms with E-state index in [1.807, 2.05) is 6.92 Å². The number of carbonyl (C=O) groups is 2. The Balaban J connectivity index is 2.39. The topological polar surface area (TPSA) is 66.4 Å². The summed E-state index contributed by atoms with van der Waals surface area (Å²) in [4.78, 5) is 22.9. The Kier molecular flexibility index (Phi) is 7.22. The second kappa shape index (κ2) is 8.67. The predicted octanol–water partition coefficient (Wildman–Crippen LogP) is 2.67. The molecular formula is C15H20FNO3S. The average Bonchev–Trinajstić information content (AvgIpc) is 2.45. The van der Waals surface area contributed by atoms with Gasteiger partial charge in [-0.1, -0.05) is 32.4 Å². The Morgan fingerprint density at radius 1 is 1.33 bits per heavy atom. The molecule has 0 spiro atoms. The number of thioether (sulfide) groups is 1. The standard InChI is InChI=1S/C15H20FNO3S/c1-3-10(2)14(15(19)20)17-13(18)9-21-8-11-4-6-12(16)7-5-11/h4-7,10,14H,3,8-9H2,1-2H3,(H,17,18)(H,19,20). The van der Waals surface area contributed by atoms with E-state index in [0.717, 1.165) is 5.56 Å². The van der Waals surface area contributed by atoms with Crippen LogP contribution in [-0.2, 0) is 15.3 Å². The van der Waals surface area contributed by atoms with E-state index in [-0.39, 0.29) is 23.4 Å². The van der Waals surface area contributed by atoms with Crippen molar-refractivity contribution in [3.63, 3.8) is 0 Å². The molecule has 0 saturated heterocycles. The summed E-state index contributed by atoms with van der Waals surface area (Å²) in [5.74, 6) is -0.962. The number of rotatable bonds is 8. The quantitative estimate of drug-likeness (QED) is 0.774. The van der Waals surface area contributed by atoms with Crippen molar-refractivity contribution in [3.8, 4) is 0 Å². The minimum Gasteiger partial charge on any atom is -0.480 e. The van der Waals surface area contributed by atoms with E-state index >= 15 is 0 Å². The van der Waals surface area contributed by atoms with Gasteiger partial charge in [-0.25, -0.2) is 9.18 Å². The summed E-state index contributed by atoms with van der Waals surface area (Å²) in [6.07, 6.45) is 0.681. The summed E-state index contributed by atoms with van der Waals surface area (Å²) in [7, 11) is 0. The molecule has 1 rings (SSSR count). The van der Waals surface area contributed by atoms with E-state index in [4.69, 9.17) is 5.11 Å². The predicted molar refractivity (Wildman–Crippen MR) is 81.6 cm³/mol. The Morgan fingerprint density at radius 3 is 2.48 bits per heavy atom. The van der Waals surface area contributed by atoms with Crippen LogP contribution in [0.5, 0.6) is 0 Å². The number of benzene rings is 1. The zero-order valence-electron chi connectivity index (χ0n) is 12.1. The monoisotopic (exact) mass is 313 g/mol. The van der Waals surface area contributed by atoms with Crippen LogP contribution in [0.4, 0.5) is 4.39 Å². The van der Waals surface area contributed by atoms with Crippen molar-refractivity contribution in [1.29, 1.82) is 0 Å². The first kappa shape index (κ1) is 17.5. The lowest BCUT2D eigenvalue weighted by atomic mass is 9.99. The Morgan fingerprint density at radius 2 is 1.95 bits per heavy atom. The molecule has 116 valence electrons. The number of carboxylic acid groups (broad SMARTS) is 1. The van der Waals surface area contributed by atoms with Crippen molar-refractivity contribution in [2.45, 2.75) is 32.1 Å². The number of halogens is 1. The summed E-state index contributed by atoms with van der Waals surface area (Å²) < 4.78 is 12.7. The Bertz CT molecular complexity index is 478. The van der Waals surface area contributed by atoms with Crippen LogP contribution < -0.4 is 5.32 Å². The first-order valence-electron chi connectivity index (χ1n) is 6.78. The van der Waals surface area contributed by atoms with E-state index in [1.54, 1.807) is 19.1 Å². The average molecular weight is 313 g/mol. The molecule has 0 aromatic heterocycles. The van der Waals surface area contributed by atoms with Gasteiger partial charge < -0.3 is 10.4 Å². The van der Waals surface area contributed by atoms with Gasteiger partial charge in [0.05, 0.1) is 5.75 Å². The fourth-order valence-electron chi connectivity index (χ4n) is 1.74. The molecule has 0 aliphatic rings. The number of carboxylic acids is 1. The van der Waals surface area contributed by atoms with Gasteiger partial charge >= 0.3 is 5.97 Å². The zero-order chi connectivity index (χ0) is 15.8. The number of nitrogens with one attached hydrogen (secondary N) is 1. The van der Waals surface area contributed by atoms with E-state index in [9.17, 15) is 14.0 Å². The Hall–Kier alpha value is -1.56. The molecule has 2 N–H and O–H groups in total. The van der Waals surface area contributed by atoms with Gasteiger partial charge in [0.1, 0.15) is 11.9 Å². The number of carbonyl (C=O) groups excluding carboxylic acids is 1. The molecule has 1 amide bonds. The second-order valence-corrected chi connectivity index (χ2v) is 5.87. The van der Waals surface area contributed by atoms with Crippen LogP contribution in [0.1, 0.15) is 25.8 Å². The van der Waals surface area contributed by atoms with Gasteiger partial charge in [-0.3, -0.25) is 4.79 Å². The molecule has 1 aromatic carbocycles. The minimum absolute atomic E-state index is 0.117. The molecule has 2 atom stereocenters. The van der Waals surface area contributed by atoms with Gasteiger partial charge in [0, 0.05) is 5.75 Å². The molecular weight excluding hydrogens is 293 g/mol. The maximum absolute atomic E-state index is 12.7. The molecule has 0 radical (unpaired) electrons. The highest BCUT2D eigenvalue weighted by molar-refractivity contribution is 7.99. The summed E-state index contributed by atoms with van der Waals surface area (Å²) in [5, 5.41) is 11.6. The summed E-state index contributed by atoms with van der Waals surface area (Å²) in [6, 6.07) is 5.23. The lowest BCUT2D eigenvalue weighted by Crippen LogP contribution is -2.45. The van der Waals surface area contributed by atoms with Crippen LogP contribution >= 0.6 is 11.8 Å². The van der Waals surface area contributed by atoms with Gasteiger partial charge in [0.15, 0.2) is 0 Å². The minimum atomic E-state index is -1.01. The molecule has 21 heavy (non-hydrogen) atoms. The van der Waals surface area contributed by atoms with Gasteiger partial charge in [-0.2, -0.15) is 0 Å². The normalized spacial score (nSPS) is 13.5. The summed E-state index contributed by atoms with van der Waals surface area (Å²) >= 11 is 1.37. The highest BCUT2D eigenvalue weighted by Gasteiger charge is 2.24. The van der Waals surface area contributed by atoms with Gasteiger partial charge in [0.25, 0.3) is 0 Å². The molecule has 1 aromatic rings. The van der Waals surface area contributed by atoms with Crippen molar-refractivity contribution < 1.29 is 19.1 Å². The SMILES string of the molecule is CCC(C)C(NC(=O)CSCc1ccc(F)cc1)C(=O)O. The third-order valence-electron chi connectivity index (χ3n) is 3.21. The molecule has 0 bridgehead atoms. The Labute approximate surface area is 128 Å². The van der Waals surface area contributed by atoms with Crippen LogP contribution in [0.2, 0.25) is 0 Å². The zero-order valence-corrected chi connectivity index (χ0v) is 13.0. The van der Waals surface area contributed by atoms with E-state index in [2.05, 4.69) is 5.32 Å². The number of amides is 1. The summed E-state index contributed by atoms with van der Waals surface area (Å²) in [6.45, 7) is 3.68. The second-order valence-electron chi connectivity index (χ2n) is 4.89. The maximum Gasteiger partial charge on any atom is 0.326 e. The van der Waals surface area contributed by atoms with Crippen molar-refractivity contribution >= 4 is 23.6 Å². The molecule has 4 nitrogen and oxygen atoms in total. The molecule has 2 unspecified atom stereocenters. The van der Waals surface area contributed by atoms with Crippen LogP contribution in [0.15, 0.2) is 24.3 Å². The summed E-state index contributed by atoms with van der Waals surface area (Å²) in [5.41, 5.74) is 0.922. The maximum atomic E-state index is 12.7. The van der Waals surface area contributed by atoms with E-state index in [1.165, 1.54) is 23.9 Å². The van der Waals surface area contributed by atoms with E-state index in [0.29, 0.717) is 12.2 Å². The first-order chi connectivity index (χ1) is 9.93. The largest absolute Gasteiger partial charge is 0.480 e. The van der Waals surface area contributed by atoms with Crippen molar-refractivity contribution in [2.75, 3.05) is 5.75 Å². The number of aliphatic carboxylic acids is 1. The molecule has 0 fully saturated rings. The smallest absolute Gasteiger partial charge is 0.326 e. The van der Waals surface area contributed by atoms with Gasteiger partial charge in [-0.15, -0.1) is 11.8 Å². The molecule has 0 aliphatic carbocycles. The van der Waals surface area contributed by atoms with Crippen molar-refractivity contribution in [3.05, 3.63) is 35.6 Å². The molecule has 0 heterocycles. The van der Waals surface area contributed by atoms with Gasteiger partial charge in [-0.05, 0) is 23.6 Å². The van der Waals surface area contributed by atoms with E-state index < -0.39 is 12.0 Å². The van der Waals surface area contributed by atoms with Crippen molar-refractivity contribution in [1.82, 2.24) is 5.32 Å². The fourth-order valence-corrected chi connectivity index (χ4v) is 2.54. The van der Waals surface area contributed by atoms with Gasteiger partial charge in [0.2, 0.25) is 5.91 Å². The molecule has 0 saturated carbocycles.